The summed E-state index contributed by atoms with van der Waals surface area (Å²) in [4.78, 5) is 30.8. The van der Waals surface area contributed by atoms with Crippen molar-refractivity contribution in [2.45, 2.75) is 6.18 Å². The van der Waals surface area contributed by atoms with Crippen molar-refractivity contribution in [3.8, 4) is 11.1 Å². The Morgan fingerprint density at radius 3 is 2.36 bits per heavy atom. The molecule has 166 valence electrons. The molecular formula is C24H15F4N3O2. The normalized spacial score (nSPS) is 11.9. The zero-order valence-corrected chi connectivity index (χ0v) is 16.8. The molecule has 0 saturated heterocycles. The molecule has 0 aliphatic rings. The second-order valence-corrected chi connectivity index (χ2v) is 7.20. The zero-order valence-electron chi connectivity index (χ0n) is 16.8. The van der Waals surface area contributed by atoms with Crippen molar-refractivity contribution < 1.29 is 27.2 Å². The molecule has 0 fully saturated rings. The van der Waals surface area contributed by atoms with Gasteiger partial charge >= 0.3 is 6.18 Å². The van der Waals surface area contributed by atoms with Crippen LogP contribution in [0.3, 0.4) is 0 Å². The van der Waals surface area contributed by atoms with Gasteiger partial charge in [-0.1, -0.05) is 18.2 Å². The molecule has 1 amide bonds. The molecular weight excluding hydrogens is 438 g/mol. The van der Waals surface area contributed by atoms with Crippen LogP contribution in [0.25, 0.3) is 28.2 Å². The highest BCUT2D eigenvalue weighted by Gasteiger charge is 2.30. The Morgan fingerprint density at radius 1 is 1.00 bits per heavy atom. The van der Waals surface area contributed by atoms with E-state index < -0.39 is 29.2 Å². The molecule has 4 rings (SSSR count). The minimum absolute atomic E-state index is 0.0593. The summed E-state index contributed by atoms with van der Waals surface area (Å²) >= 11 is 0. The van der Waals surface area contributed by atoms with Crippen molar-refractivity contribution in [1.82, 2.24) is 9.97 Å². The van der Waals surface area contributed by atoms with E-state index in [9.17, 15) is 27.2 Å². The predicted molar refractivity (Wildman–Crippen MR) is 115 cm³/mol. The molecule has 9 heteroatoms. The topological polar surface area (TPSA) is 88.8 Å². The molecule has 33 heavy (non-hydrogen) atoms. The van der Waals surface area contributed by atoms with Crippen LogP contribution in [-0.2, 0) is 11.0 Å². The Bertz CT molecular complexity index is 1400. The van der Waals surface area contributed by atoms with Crippen molar-refractivity contribution in [1.29, 1.82) is 0 Å². The molecule has 0 aliphatic heterocycles. The lowest BCUT2D eigenvalue weighted by Gasteiger charge is -2.09. The fourth-order valence-corrected chi connectivity index (χ4v) is 3.34. The summed E-state index contributed by atoms with van der Waals surface area (Å²) in [5.74, 6) is -2.16. The monoisotopic (exact) mass is 453 g/mol. The maximum Gasteiger partial charge on any atom is 0.416 e. The quantitative estimate of drug-likeness (QED) is 0.250. The lowest BCUT2D eigenvalue weighted by atomic mass is 9.98. The van der Waals surface area contributed by atoms with E-state index >= 15 is 0 Å². The van der Waals surface area contributed by atoms with Crippen LogP contribution in [-0.4, -0.2) is 21.7 Å². The van der Waals surface area contributed by atoms with Gasteiger partial charge in [-0.15, -0.1) is 0 Å². The largest absolute Gasteiger partial charge is 0.416 e. The third-order valence-corrected chi connectivity index (χ3v) is 5.01. The highest BCUT2D eigenvalue weighted by atomic mass is 19.4. The summed E-state index contributed by atoms with van der Waals surface area (Å²) in [6.07, 6.45) is 1.37. The number of aromatic nitrogens is 2. The average molecular weight is 453 g/mol. The summed E-state index contributed by atoms with van der Waals surface area (Å²) in [6.45, 7) is 0. The molecule has 4 aromatic rings. The molecule has 0 bridgehead atoms. The van der Waals surface area contributed by atoms with Gasteiger partial charge in [0.2, 0.25) is 5.91 Å². The van der Waals surface area contributed by atoms with Gasteiger partial charge in [-0.3, -0.25) is 9.59 Å². The van der Waals surface area contributed by atoms with Crippen LogP contribution in [0.4, 0.5) is 17.6 Å². The van der Waals surface area contributed by atoms with Crippen LogP contribution in [0.2, 0.25) is 0 Å². The number of pyridine rings is 1. The Kier molecular flexibility index (Phi) is 5.55. The van der Waals surface area contributed by atoms with Crippen molar-refractivity contribution in [3.05, 3.63) is 95.1 Å². The summed E-state index contributed by atoms with van der Waals surface area (Å²) in [7, 11) is 0. The SMILES string of the molecule is NC(=O)C=Cc1c[nH]c2ncc(-c3ccc(C(=O)c4ccc(C(F)(F)F)cc4)c(F)c3)cc12. The number of nitrogens with two attached hydrogens (primary N) is 1. The van der Waals surface area contributed by atoms with Gasteiger partial charge in [-0.25, -0.2) is 9.37 Å². The Labute approximate surface area is 184 Å². The number of hydrogen-bond acceptors (Lipinski definition) is 3. The van der Waals surface area contributed by atoms with E-state index in [1.54, 1.807) is 12.3 Å². The molecule has 2 aromatic heterocycles. The fourth-order valence-electron chi connectivity index (χ4n) is 3.34. The Balaban J connectivity index is 1.65. The number of alkyl halides is 3. The highest BCUT2D eigenvalue weighted by Crippen LogP contribution is 2.30. The smallest absolute Gasteiger partial charge is 0.366 e. The van der Waals surface area contributed by atoms with Gasteiger partial charge < -0.3 is 10.7 Å². The van der Waals surface area contributed by atoms with Crippen LogP contribution in [0.1, 0.15) is 27.0 Å². The summed E-state index contributed by atoms with van der Waals surface area (Å²) in [6, 6.07) is 9.29. The van der Waals surface area contributed by atoms with Crippen molar-refractivity contribution >= 4 is 28.8 Å². The first-order chi connectivity index (χ1) is 15.6. The predicted octanol–water partition coefficient (Wildman–Crippen LogP) is 5.12. The van der Waals surface area contributed by atoms with Crippen molar-refractivity contribution in [3.63, 3.8) is 0 Å². The van der Waals surface area contributed by atoms with E-state index in [1.807, 2.05) is 0 Å². The number of nitrogens with zero attached hydrogens (tertiary/aromatic N) is 1. The maximum atomic E-state index is 14.8. The number of carbonyl (C=O) groups excluding carboxylic acids is 2. The van der Waals surface area contributed by atoms with E-state index in [-0.39, 0.29) is 11.1 Å². The van der Waals surface area contributed by atoms with E-state index in [0.717, 1.165) is 30.3 Å². The number of amides is 1. The summed E-state index contributed by atoms with van der Waals surface area (Å²) in [5, 5.41) is 0.676. The number of carbonyl (C=O) groups is 2. The maximum absolute atomic E-state index is 14.8. The van der Waals surface area contributed by atoms with Gasteiger partial charge in [0.1, 0.15) is 11.5 Å². The van der Waals surface area contributed by atoms with Gasteiger partial charge in [0.05, 0.1) is 11.1 Å². The van der Waals surface area contributed by atoms with Crippen molar-refractivity contribution in [2.75, 3.05) is 0 Å². The lowest BCUT2D eigenvalue weighted by molar-refractivity contribution is -0.137. The van der Waals surface area contributed by atoms with Crippen LogP contribution in [0, 0.1) is 5.82 Å². The fraction of sp³-hybridized carbons (Fsp3) is 0.0417. The number of fused-ring (bicyclic) bond motifs is 1. The number of primary amides is 1. The molecule has 0 unspecified atom stereocenters. The average Bonchev–Trinajstić information content (AvgIpc) is 3.19. The second-order valence-electron chi connectivity index (χ2n) is 7.20. The second kappa shape index (κ2) is 8.34. The Hall–Kier alpha value is -4.27. The van der Waals surface area contributed by atoms with Crippen molar-refractivity contribution in [2.24, 2.45) is 5.73 Å². The van der Waals surface area contributed by atoms with Gasteiger partial charge in [0.25, 0.3) is 0 Å². The van der Waals surface area contributed by atoms with Gasteiger partial charge in [-0.2, -0.15) is 13.2 Å². The van der Waals surface area contributed by atoms with Crippen LogP contribution < -0.4 is 5.73 Å². The number of aromatic amines is 1. The first-order valence-electron chi connectivity index (χ1n) is 9.60. The molecule has 2 aromatic carbocycles. The molecule has 0 atom stereocenters. The number of hydrogen-bond donors (Lipinski definition) is 2. The number of H-pyrrole nitrogens is 1. The third kappa shape index (κ3) is 4.52. The highest BCUT2D eigenvalue weighted by molar-refractivity contribution is 6.09. The molecule has 0 aliphatic carbocycles. The number of benzene rings is 2. The van der Waals surface area contributed by atoms with Gasteiger partial charge in [0.15, 0.2) is 5.78 Å². The third-order valence-electron chi connectivity index (χ3n) is 5.01. The van der Waals surface area contributed by atoms with E-state index in [0.29, 0.717) is 27.7 Å². The van der Waals surface area contributed by atoms with E-state index in [2.05, 4.69) is 9.97 Å². The van der Waals surface area contributed by atoms with Gasteiger partial charge in [-0.05, 0) is 42.0 Å². The number of ketones is 1. The summed E-state index contributed by atoms with van der Waals surface area (Å²) < 4.78 is 52.9. The minimum atomic E-state index is -4.53. The molecule has 5 nitrogen and oxygen atoms in total. The first-order valence-corrected chi connectivity index (χ1v) is 9.60. The Morgan fingerprint density at radius 2 is 1.73 bits per heavy atom. The number of halogens is 4. The molecule has 2 heterocycles. The standard InChI is InChI=1S/C24H15F4N3O2/c25-20-10-14(16-9-19-15(4-8-21(29)32)11-30-23(19)31-12-16)3-7-18(20)22(33)13-1-5-17(6-2-13)24(26,27)28/h1-12H,(H2,29,32)(H,30,31). The molecule has 0 radical (unpaired) electrons. The molecule has 0 spiro atoms. The van der Waals surface area contributed by atoms with E-state index in [4.69, 9.17) is 5.73 Å². The molecule has 3 N–H and O–H groups in total. The van der Waals surface area contributed by atoms with Crippen LogP contribution in [0.15, 0.2) is 67.0 Å². The lowest BCUT2D eigenvalue weighted by Crippen LogP contribution is -2.07. The zero-order chi connectivity index (χ0) is 23.8. The van der Waals surface area contributed by atoms with E-state index in [1.165, 1.54) is 30.5 Å². The van der Waals surface area contributed by atoms with Crippen LogP contribution >= 0.6 is 0 Å². The number of nitrogens with one attached hydrogen (secondary N) is 1. The molecule has 0 saturated carbocycles. The van der Waals surface area contributed by atoms with Gasteiger partial charge in [0, 0.05) is 40.5 Å². The van der Waals surface area contributed by atoms with Crippen LogP contribution in [0.5, 0.6) is 0 Å². The summed E-state index contributed by atoms with van der Waals surface area (Å²) in [5.41, 5.74) is 6.12. The number of rotatable bonds is 5. The minimum Gasteiger partial charge on any atom is -0.366 e. The first kappa shape index (κ1) is 21.9.